The third kappa shape index (κ3) is 6.03. The van der Waals surface area contributed by atoms with Crippen LogP contribution < -0.4 is 25.0 Å². The number of imide groups is 1. The van der Waals surface area contributed by atoms with Gasteiger partial charge in [-0.15, -0.1) is 0 Å². The molecule has 1 aromatic heterocycles. The van der Waals surface area contributed by atoms with Crippen molar-refractivity contribution in [1.82, 2.24) is 4.57 Å². The molecule has 2 unspecified atom stereocenters. The third-order valence-corrected chi connectivity index (χ3v) is 11.5. The summed E-state index contributed by atoms with van der Waals surface area (Å²) in [4.78, 5) is 68.0. The summed E-state index contributed by atoms with van der Waals surface area (Å²) in [5, 5.41) is 7.22. The van der Waals surface area contributed by atoms with Gasteiger partial charge >= 0.3 is 10.8 Å². The number of carbonyl (C=O) groups excluding carboxylic acids is 4. The number of thiazole rings is 1. The average Bonchev–Trinajstić information content (AvgIpc) is 3.50. The van der Waals surface area contributed by atoms with Crippen molar-refractivity contribution in [2.24, 2.45) is 11.1 Å². The fourth-order valence-corrected chi connectivity index (χ4v) is 9.08. The zero-order chi connectivity index (χ0) is 34.3. The molecule has 1 saturated heterocycles. The number of nitrogens with one attached hydrogen (secondary N) is 1. The number of esters is 1. The van der Waals surface area contributed by atoms with Crippen molar-refractivity contribution < 1.29 is 37.1 Å². The SMILES string of the molecule is CCOC(=O)c1ccc(N2C(=O)C3Sc4c(sc(=O)n4CC(=O)Nc4ccc(S(N)(=O)=O)cc4)[C@H](c4ccccc4OC)C3C2=O)cc1. The standard InChI is InChI=1S/C32H28N4O9S3/c1-3-45-31(40)17-8-12-19(13-9-17)36-28(38)25-24(21-6-4-5-7-22(21)44-2)27-30(46-26(25)29(36)39)35(32(41)47-27)16-23(37)34-18-10-14-20(15-11-18)48(33,42)43/h4-15,24-26H,3,16H2,1-2H3,(H,34,37)(H2,33,42,43)/t24-,25?,26?/m1/s1. The van der Waals surface area contributed by atoms with Gasteiger partial charge in [-0.05, 0) is 61.5 Å². The Labute approximate surface area is 282 Å². The second kappa shape index (κ2) is 13.0. The molecule has 3 amide bonds. The van der Waals surface area contributed by atoms with Crippen LogP contribution in [-0.2, 0) is 35.7 Å². The number of primary sulfonamides is 1. The molecular formula is C32H28N4O9S3. The molecule has 3 N–H and O–H groups in total. The largest absolute Gasteiger partial charge is 0.496 e. The van der Waals surface area contributed by atoms with Gasteiger partial charge in [0.25, 0.3) is 0 Å². The van der Waals surface area contributed by atoms with Gasteiger partial charge in [-0.1, -0.05) is 41.3 Å². The summed E-state index contributed by atoms with van der Waals surface area (Å²) in [6.07, 6.45) is 0. The molecule has 2 aliphatic heterocycles. The van der Waals surface area contributed by atoms with Crippen LogP contribution in [0, 0.1) is 5.92 Å². The summed E-state index contributed by atoms with van der Waals surface area (Å²) in [6.45, 7) is 1.47. The van der Waals surface area contributed by atoms with E-state index in [1.54, 1.807) is 31.2 Å². The molecule has 1 fully saturated rings. The van der Waals surface area contributed by atoms with Crippen molar-refractivity contribution >= 4 is 68.2 Å². The van der Waals surface area contributed by atoms with Crippen molar-refractivity contribution in [3.63, 3.8) is 0 Å². The first-order valence-electron chi connectivity index (χ1n) is 14.5. The van der Waals surface area contributed by atoms with Crippen molar-refractivity contribution in [2.45, 2.75) is 34.6 Å². The number of carbonyl (C=O) groups is 4. The number of fused-ring (bicyclic) bond motifs is 2. The summed E-state index contributed by atoms with van der Waals surface area (Å²) >= 11 is 1.94. The number of sulfonamides is 1. The third-order valence-electron chi connectivity index (χ3n) is 7.93. The number of hydrogen-bond donors (Lipinski definition) is 2. The van der Waals surface area contributed by atoms with Gasteiger partial charge in [-0.2, -0.15) is 0 Å². The number of ether oxygens (including phenoxy) is 2. The molecular weight excluding hydrogens is 681 g/mol. The first-order chi connectivity index (χ1) is 22.9. The summed E-state index contributed by atoms with van der Waals surface area (Å²) in [6, 6.07) is 18.3. The van der Waals surface area contributed by atoms with Crippen molar-refractivity contribution in [1.29, 1.82) is 0 Å². The smallest absolute Gasteiger partial charge is 0.338 e. The number of para-hydroxylation sites is 1. The van der Waals surface area contributed by atoms with Gasteiger partial charge in [0.1, 0.15) is 17.5 Å². The van der Waals surface area contributed by atoms with Crippen LogP contribution in [0.2, 0.25) is 0 Å². The molecule has 0 bridgehead atoms. The Morgan fingerprint density at radius 1 is 0.958 bits per heavy atom. The van der Waals surface area contributed by atoms with E-state index < -0.39 is 62.2 Å². The quantitative estimate of drug-likeness (QED) is 0.193. The first-order valence-corrected chi connectivity index (χ1v) is 17.8. The molecule has 0 saturated carbocycles. The highest BCUT2D eigenvalue weighted by Gasteiger charge is 2.57. The maximum absolute atomic E-state index is 14.2. The molecule has 16 heteroatoms. The number of nitrogens with zero attached hydrogens (tertiary/aromatic N) is 2. The number of rotatable bonds is 9. The van der Waals surface area contributed by atoms with E-state index in [0.717, 1.165) is 28.0 Å². The maximum atomic E-state index is 14.2. The zero-order valence-corrected chi connectivity index (χ0v) is 27.9. The first kappa shape index (κ1) is 33.1. The van der Waals surface area contributed by atoms with E-state index in [0.29, 0.717) is 21.2 Å². The molecule has 3 atom stereocenters. The van der Waals surface area contributed by atoms with E-state index in [4.69, 9.17) is 14.6 Å². The van der Waals surface area contributed by atoms with Crippen molar-refractivity contribution in [3.05, 3.63) is 98.5 Å². The molecule has 3 heterocycles. The number of nitrogens with two attached hydrogens (primary N) is 1. The van der Waals surface area contributed by atoms with Crippen molar-refractivity contribution in [2.75, 3.05) is 23.9 Å². The molecule has 0 radical (unpaired) electrons. The number of hydrogen-bond acceptors (Lipinski definition) is 11. The lowest BCUT2D eigenvalue weighted by atomic mass is 9.82. The summed E-state index contributed by atoms with van der Waals surface area (Å²) < 4.78 is 35.1. The summed E-state index contributed by atoms with van der Waals surface area (Å²) in [5.74, 6) is -3.29. The van der Waals surface area contributed by atoms with Gasteiger partial charge in [0.15, 0.2) is 0 Å². The van der Waals surface area contributed by atoms with Crippen LogP contribution in [0.25, 0.3) is 0 Å². The van der Waals surface area contributed by atoms with Crippen molar-refractivity contribution in [3.8, 4) is 5.75 Å². The van der Waals surface area contributed by atoms with Crippen LogP contribution in [-0.4, -0.2) is 55.6 Å². The number of amides is 3. The number of methoxy groups -OCH3 is 1. The minimum Gasteiger partial charge on any atom is -0.496 e. The van der Waals surface area contributed by atoms with Gasteiger partial charge in [-0.3, -0.25) is 23.7 Å². The van der Waals surface area contributed by atoms with Crippen LogP contribution >= 0.6 is 23.1 Å². The molecule has 6 rings (SSSR count). The van der Waals surface area contributed by atoms with E-state index in [1.165, 1.54) is 60.2 Å². The fourth-order valence-electron chi connectivity index (χ4n) is 5.80. The lowest BCUT2D eigenvalue weighted by Crippen LogP contribution is -2.33. The molecule has 3 aromatic carbocycles. The van der Waals surface area contributed by atoms with E-state index >= 15 is 0 Å². The highest BCUT2D eigenvalue weighted by atomic mass is 32.2. The molecule has 0 aliphatic carbocycles. The van der Waals surface area contributed by atoms with E-state index in [1.807, 2.05) is 0 Å². The topological polar surface area (TPSA) is 184 Å². The minimum atomic E-state index is -3.93. The predicted molar refractivity (Wildman–Crippen MR) is 178 cm³/mol. The number of thioether (sulfide) groups is 1. The maximum Gasteiger partial charge on any atom is 0.338 e. The Morgan fingerprint density at radius 2 is 1.65 bits per heavy atom. The van der Waals surface area contributed by atoms with Crippen LogP contribution in [0.5, 0.6) is 5.75 Å². The molecule has 2 aliphatic rings. The highest BCUT2D eigenvalue weighted by molar-refractivity contribution is 8.00. The lowest BCUT2D eigenvalue weighted by Gasteiger charge is -2.31. The Kier molecular flexibility index (Phi) is 9.00. The second-order valence-corrected chi connectivity index (χ2v) is 14.5. The van der Waals surface area contributed by atoms with Gasteiger partial charge in [0, 0.05) is 22.0 Å². The molecule has 13 nitrogen and oxygen atoms in total. The van der Waals surface area contributed by atoms with Crippen LogP contribution in [0.3, 0.4) is 0 Å². The van der Waals surface area contributed by atoms with E-state index in [-0.39, 0.29) is 28.4 Å². The fraction of sp³-hybridized carbons (Fsp3) is 0.219. The number of aromatic nitrogens is 1. The average molecular weight is 709 g/mol. The van der Waals surface area contributed by atoms with Gasteiger partial charge in [0.2, 0.25) is 27.7 Å². The van der Waals surface area contributed by atoms with Gasteiger partial charge in [0.05, 0.1) is 40.8 Å². The summed E-state index contributed by atoms with van der Waals surface area (Å²) in [5.41, 5.74) is 1.43. The molecule has 0 spiro atoms. The minimum absolute atomic E-state index is 0.128. The van der Waals surface area contributed by atoms with Crippen LogP contribution in [0.1, 0.15) is 33.6 Å². The number of anilines is 2. The second-order valence-electron chi connectivity index (χ2n) is 10.8. The Balaban J connectivity index is 1.36. The molecule has 248 valence electrons. The molecule has 48 heavy (non-hydrogen) atoms. The normalized spacial score (nSPS) is 18.6. The number of benzene rings is 3. The highest BCUT2D eigenvalue weighted by Crippen LogP contribution is 2.55. The van der Waals surface area contributed by atoms with Gasteiger partial charge < -0.3 is 14.8 Å². The Bertz CT molecular complexity index is 2110. The Morgan fingerprint density at radius 3 is 2.29 bits per heavy atom. The van der Waals surface area contributed by atoms with Gasteiger partial charge in [-0.25, -0.2) is 23.3 Å². The van der Waals surface area contributed by atoms with E-state index in [9.17, 15) is 32.4 Å². The predicted octanol–water partition coefficient (Wildman–Crippen LogP) is 3.18. The lowest BCUT2D eigenvalue weighted by molar-refractivity contribution is -0.122. The van der Waals surface area contributed by atoms with Crippen LogP contribution in [0.15, 0.2) is 87.5 Å². The monoisotopic (exact) mass is 708 g/mol. The Hall–Kier alpha value is -4.77. The van der Waals surface area contributed by atoms with Crippen LogP contribution in [0.4, 0.5) is 11.4 Å². The summed E-state index contributed by atoms with van der Waals surface area (Å²) in [7, 11) is -2.44. The molecule has 4 aromatic rings. The zero-order valence-electron chi connectivity index (χ0n) is 25.4. The van der Waals surface area contributed by atoms with E-state index in [2.05, 4.69) is 5.32 Å².